The smallest absolute Gasteiger partial charge is 0.0159 e. The normalized spacial score (nSPS) is 33.6. The minimum Gasteiger partial charge on any atom is -0.0654 e. The Hall–Kier alpha value is -0.780. The lowest BCUT2D eigenvalue weighted by atomic mass is 9.63. The van der Waals surface area contributed by atoms with Crippen LogP contribution in [-0.4, -0.2) is 0 Å². The Morgan fingerprint density at radius 2 is 1.65 bits per heavy atom. The third kappa shape index (κ3) is 3.27. The van der Waals surface area contributed by atoms with Crippen molar-refractivity contribution in [1.82, 2.24) is 0 Å². The predicted molar refractivity (Wildman–Crippen MR) is 86.9 cm³/mol. The Morgan fingerprint density at radius 3 is 2.45 bits per heavy atom. The van der Waals surface area contributed by atoms with Gasteiger partial charge in [0.1, 0.15) is 0 Å². The molecule has 0 N–H and O–H groups in total. The molecule has 0 aliphatic heterocycles. The molecule has 2 fully saturated rings. The number of unbranched alkanes of at least 4 members (excludes halogenated alkanes) is 1. The molecule has 0 nitrogen and oxygen atoms in total. The van der Waals surface area contributed by atoms with E-state index < -0.39 is 0 Å². The van der Waals surface area contributed by atoms with Gasteiger partial charge in [-0.05, 0) is 61.3 Å². The van der Waals surface area contributed by atoms with Gasteiger partial charge >= 0.3 is 0 Å². The number of fused-ring (bicyclic) bond motifs is 1. The summed E-state index contributed by atoms with van der Waals surface area (Å²) in [6, 6.07) is 11.3. The highest BCUT2D eigenvalue weighted by Crippen LogP contribution is 2.48. The molecule has 0 heteroatoms. The van der Waals surface area contributed by atoms with Crippen molar-refractivity contribution in [1.29, 1.82) is 0 Å². The van der Waals surface area contributed by atoms with Gasteiger partial charge < -0.3 is 0 Å². The zero-order valence-corrected chi connectivity index (χ0v) is 13.1. The molecule has 0 saturated heterocycles. The second-order valence-electron chi connectivity index (χ2n) is 7.26. The number of rotatable bonds is 4. The summed E-state index contributed by atoms with van der Waals surface area (Å²) in [7, 11) is 0. The van der Waals surface area contributed by atoms with Crippen LogP contribution in [0.3, 0.4) is 0 Å². The van der Waals surface area contributed by atoms with Gasteiger partial charge in [0.05, 0.1) is 0 Å². The Labute approximate surface area is 125 Å². The summed E-state index contributed by atoms with van der Waals surface area (Å²) in [5.74, 6) is 4.01. The highest BCUT2D eigenvalue weighted by atomic mass is 14.4. The fourth-order valence-electron chi connectivity index (χ4n) is 4.77. The summed E-state index contributed by atoms with van der Waals surface area (Å²) >= 11 is 0. The molecule has 1 aromatic carbocycles. The quantitative estimate of drug-likeness (QED) is 0.613. The molecular weight excluding hydrogens is 240 g/mol. The lowest BCUT2D eigenvalue weighted by Crippen LogP contribution is -2.30. The van der Waals surface area contributed by atoms with Crippen LogP contribution in [0.25, 0.3) is 0 Å². The van der Waals surface area contributed by atoms with Crippen molar-refractivity contribution < 1.29 is 0 Å². The van der Waals surface area contributed by atoms with Gasteiger partial charge in [0.25, 0.3) is 0 Å². The van der Waals surface area contributed by atoms with E-state index in [2.05, 4.69) is 37.3 Å². The van der Waals surface area contributed by atoms with Crippen molar-refractivity contribution in [2.75, 3.05) is 0 Å². The van der Waals surface area contributed by atoms with E-state index in [1.54, 1.807) is 12.0 Å². The summed E-state index contributed by atoms with van der Waals surface area (Å²) < 4.78 is 0. The van der Waals surface area contributed by atoms with Gasteiger partial charge in [-0.2, -0.15) is 0 Å². The largest absolute Gasteiger partial charge is 0.0654 e. The van der Waals surface area contributed by atoms with Crippen LogP contribution in [0.15, 0.2) is 30.3 Å². The average molecular weight is 270 g/mol. The Balaban J connectivity index is 1.56. The molecule has 20 heavy (non-hydrogen) atoms. The van der Waals surface area contributed by atoms with Gasteiger partial charge in [-0.1, -0.05) is 62.9 Å². The number of benzene rings is 1. The predicted octanol–water partition coefficient (Wildman–Crippen LogP) is 6.18. The zero-order valence-electron chi connectivity index (χ0n) is 13.1. The third-order valence-corrected chi connectivity index (χ3v) is 5.96. The first-order valence-corrected chi connectivity index (χ1v) is 8.91. The first-order chi connectivity index (χ1) is 9.86. The maximum Gasteiger partial charge on any atom is -0.0159 e. The van der Waals surface area contributed by atoms with E-state index in [0.717, 1.165) is 23.7 Å². The monoisotopic (exact) mass is 270 g/mol. The van der Waals surface area contributed by atoms with Crippen LogP contribution < -0.4 is 0 Å². The van der Waals surface area contributed by atoms with E-state index in [1.807, 2.05) is 0 Å². The van der Waals surface area contributed by atoms with Crippen LogP contribution in [0.5, 0.6) is 0 Å². The van der Waals surface area contributed by atoms with Crippen LogP contribution >= 0.6 is 0 Å². The number of hydrogen-bond donors (Lipinski definition) is 0. The molecule has 4 atom stereocenters. The van der Waals surface area contributed by atoms with E-state index in [-0.39, 0.29) is 0 Å². The maximum absolute atomic E-state index is 2.35. The van der Waals surface area contributed by atoms with Crippen molar-refractivity contribution in [3.63, 3.8) is 0 Å². The van der Waals surface area contributed by atoms with E-state index in [0.29, 0.717) is 0 Å². The Morgan fingerprint density at radius 1 is 0.900 bits per heavy atom. The standard InChI is InChI=1S/C20H30/c1-2-3-7-16-10-11-20-15-19(13-12-18(20)14-16)17-8-5-4-6-9-17/h4-6,8-9,16,18-20H,2-3,7,10-15H2,1H3/t16-,18-,19+,20+/m0/s1. The summed E-state index contributed by atoms with van der Waals surface area (Å²) in [6.45, 7) is 2.33. The van der Waals surface area contributed by atoms with Gasteiger partial charge in [0.15, 0.2) is 0 Å². The average Bonchev–Trinajstić information content (AvgIpc) is 2.53. The molecule has 2 aliphatic rings. The molecule has 2 aliphatic carbocycles. The van der Waals surface area contributed by atoms with Gasteiger partial charge in [0.2, 0.25) is 0 Å². The van der Waals surface area contributed by atoms with Crippen molar-refractivity contribution in [2.45, 2.75) is 70.6 Å². The maximum atomic E-state index is 2.35. The van der Waals surface area contributed by atoms with Gasteiger partial charge in [-0.3, -0.25) is 0 Å². The molecule has 0 amide bonds. The summed E-state index contributed by atoms with van der Waals surface area (Å²) in [4.78, 5) is 0. The molecule has 3 rings (SSSR count). The highest BCUT2D eigenvalue weighted by Gasteiger charge is 2.35. The fraction of sp³-hybridized carbons (Fsp3) is 0.700. The lowest BCUT2D eigenvalue weighted by Gasteiger charge is -2.42. The van der Waals surface area contributed by atoms with Crippen LogP contribution in [0.4, 0.5) is 0 Å². The third-order valence-electron chi connectivity index (χ3n) is 5.96. The second-order valence-corrected chi connectivity index (χ2v) is 7.26. The van der Waals surface area contributed by atoms with E-state index in [1.165, 1.54) is 51.4 Å². The molecule has 1 aromatic rings. The number of hydrogen-bond acceptors (Lipinski definition) is 0. The minimum atomic E-state index is 0.852. The minimum absolute atomic E-state index is 0.852. The molecular formula is C20H30. The summed E-state index contributed by atoms with van der Waals surface area (Å²) in [6.07, 6.45) is 13.3. The van der Waals surface area contributed by atoms with Gasteiger partial charge in [0, 0.05) is 0 Å². The van der Waals surface area contributed by atoms with Crippen LogP contribution in [-0.2, 0) is 0 Å². The SMILES string of the molecule is CCCC[C@H]1CC[C@@H]2C[C@H](c3ccccc3)CC[C@H]2C1. The molecule has 0 spiro atoms. The molecule has 0 heterocycles. The van der Waals surface area contributed by atoms with Crippen molar-refractivity contribution in [2.24, 2.45) is 17.8 Å². The Kier molecular flexibility index (Phi) is 4.81. The van der Waals surface area contributed by atoms with Crippen molar-refractivity contribution >= 4 is 0 Å². The van der Waals surface area contributed by atoms with E-state index in [9.17, 15) is 0 Å². The summed E-state index contributed by atoms with van der Waals surface area (Å²) in [5.41, 5.74) is 1.60. The first kappa shape index (κ1) is 14.2. The van der Waals surface area contributed by atoms with Gasteiger partial charge in [-0.25, -0.2) is 0 Å². The molecule has 110 valence electrons. The zero-order chi connectivity index (χ0) is 13.8. The van der Waals surface area contributed by atoms with E-state index >= 15 is 0 Å². The second kappa shape index (κ2) is 6.78. The molecule has 0 bridgehead atoms. The van der Waals surface area contributed by atoms with Crippen molar-refractivity contribution in [3.05, 3.63) is 35.9 Å². The fourth-order valence-corrected chi connectivity index (χ4v) is 4.77. The molecule has 0 radical (unpaired) electrons. The van der Waals surface area contributed by atoms with E-state index in [4.69, 9.17) is 0 Å². The first-order valence-electron chi connectivity index (χ1n) is 8.91. The molecule has 0 unspecified atom stereocenters. The lowest BCUT2D eigenvalue weighted by molar-refractivity contribution is 0.113. The highest BCUT2D eigenvalue weighted by molar-refractivity contribution is 5.20. The topological polar surface area (TPSA) is 0 Å². The molecule has 2 saturated carbocycles. The van der Waals surface area contributed by atoms with Gasteiger partial charge in [-0.15, -0.1) is 0 Å². The van der Waals surface area contributed by atoms with Crippen LogP contribution in [0.2, 0.25) is 0 Å². The van der Waals surface area contributed by atoms with Crippen molar-refractivity contribution in [3.8, 4) is 0 Å². The van der Waals surface area contributed by atoms with Crippen LogP contribution in [0, 0.1) is 17.8 Å². The molecule has 0 aromatic heterocycles. The Bertz CT molecular complexity index is 394. The summed E-state index contributed by atoms with van der Waals surface area (Å²) in [5, 5.41) is 0. The van der Waals surface area contributed by atoms with Crippen LogP contribution in [0.1, 0.15) is 76.2 Å².